The summed E-state index contributed by atoms with van der Waals surface area (Å²) in [4.78, 5) is 4.12. The number of aromatic nitrogens is 1. The first-order chi connectivity index (χ1) is 8.25. The van der Waals surface area contributed by atoms with Gasteiger partial charge < -0.3 is 15.8 Å². The molecule has 94 valence electrons. The molecule has 17 heavy (non-hydrogen) atoms. The fraction of sp³-hybridized carbons (Fsp3) is 0.583. The monoisotopic (exact) mass is 255 g/mol. The van der Waals surface area contributed by atoms with Gasteiger partial charge in [0.15, 0.2) is 0 Å². The number of halogens is 1. The Bertz CT molecular complexity index is 367. The van der Waals surface area contributed by atoms with Crippen LogP contribution in [0.15, 0.2) is 12.3 Å². The minimum atomic E-state index is 0.451. The Labute approximate surface area is 107 Å². The number of nitrogens with zero attached hydrogens (tertiary/aromatic N) is 1. The molecule has 4 nitrogen and oxygen atoms in total. The number of nitrogens with one attached hydrogen (secondary N) is 1. The van der Waals surface area contributed by atoms with Gasteiger partial charge in [0, 0.05) is 6.54 Å². The molecular formula is C12H18ClN3O. The van der Waals surface area contributed by atoms with E-state index in [1.165, 1.54) is 25.7 Å². The van der Waals surface area contributed by atoms with E-state index < -0.39 is 0 Å². The highest BCUT2D eigenvalue weighted by atomic mass is 35.5. The summed E-state index contributed by atoms with van der Waals surface area (Å²) in [5.41, 5.74) is 6.14. The van der Waals surface area contributed by atoms with Crippen LogP contribution in [0.4, 0.5) is 11.5 Å². The Hall–Kier alpha value is -1.00. The largest absolute Gasteiger partial charge is 0.397 e. The summed E-state index contributed by atoms with van der Waals surface area (Å²) in [5, 5.41) is 3.69. The van der Waals surface area contributed by atoms with Crippen molar-refractivity contribution < 1.29 is 4.74 Å². The molecule has 1 heterocycles. The van der Waals surface area contributed by atoms with Gasteiger partial charge in [0.1, 0.15) is 5.82 Å². The third-order valence-electron chi connectivity index (χ3n) is 2.91. The van der Waals surface area contributed by atoms with E-state index in [2.05, 4.69) is 10.3 Å². The summed E-state index contributed by atoms with van der Waals surface area (Å²) < 4.78 is 5.73. The molecule has 2 rings (SSSR count). The van der Waals surface area contributed by atoms with Gasteiger partial charge in [0.25, 0.3) is 0 Å². The van der Waals surface area contributed by atoms with Gasteiger partial charge in [-0.1, -0.05) is 24.4 Å². The fourth-order valence-electron chi connectivity index (χ4n) is 2.03. The number of nitrogen functional groups attached to an aromatic ring is 1. The SMILES string of the molecule is Nc1cnc(NCCOC2CCCC2)c(Cl)c1. The lowest BCUT2D eigenvalue weighted by Crippen LogP contribution is -2.16. The average Bonchev–Trinajstić information content (AvgIpc) is 2.79. The van der Waals surface area contributed by atoms with Crippen LogP contribution in [-0.2, 0) is 4.74 Å². The molecule has 1 aliphatic rings. The lowest BCUT2D eigenvalue weighted by molar-refractivity contribution is 0.0659. The van der Waals surface area contributed by atoms with E-state index in [1.807, 2.05) is 0 Å². The Balaban J connectivity index is 1.70. The van der Waals surface area contributed by atoms with Crippen LogP contribution in [0.1, 0.15) is 25.7 Å². The maximum Gasteiger partial charge on any atom is 0.144 e. The Morgan fingerprint density at radius 1 is 1.47 bits per heavy atom. The molecule has 1 fully saturated rings. The van der Waals surface area contributed by atoms with Crippen LogP contribution < -0.4 is 11.1 Å². The Morgan fingerprint density at radius 2 is 2.24 bits per heavy atom. The van der Waals surface area contributed by atoms with E-state index in [4.69, 9.17) is 22.1 Å². The molecule has 1 saturated carbocycles. The zero-order chi connectivity index (χ0) is 12.1. The van der Waals surface area contributed by atoms with Crippen molar-refractivity contribution in [2.75, 3.05) is 24.2 Å². The number of hydrogen-bond donors (Lipinski definition) is 2. The van der Waals surface area contributed by atoms with Crippen LogP contribution in [0.3, 0.4) is 0 Å². The van der Waals surface area contributed by atoms with Crippen LogP contribution in [0.5, 0.6) is 0 Å². The van der Waals surface area contributed by atoms with Crippen molar-refractivity contribution in [1.82, 2.24) is 4.98 Å². The fourth-order valence-corrected chi connectivity index (χ4v) is 2.27. The Morgan fingerprint density at radius 3 is 2.94 bits per heavy atom. The molecule has 0 aliphatic heterocycles. The molecular weight excluding hydrogens is 238 g/mol. The van der Waals surface area contributed by atoms with Gasteiger partial charge in [-0.15, -0.1) is 0 Å². The minimum Gasteiger partial charge on any atom is -0.397 e. The van der Waals surface area contributed by atoms with Gasteiger partial charge in [-0.3, -0.25) is 0 Å². The third-order valence-corrected chi connectivity index (χ3v) is 3.20. The summed E-state index contributed by atoms with van der Waals surface area (Å²) in [6.07, 6.45) is 7.02. The van der Waals surface area contributed by atoms with Crippen molar-refractivity contribution in [3.63, 3.8) is 0 Å². The van der Waals surface area contributed by atoms with E-state index in [1.54, 1.807) is 12.3 Å². The van der Waals surface area contributed by atoms with Gasteiger partial charge in [-0.2, -0.15) is 0 Å². The van der Waals surface area contributed by atoms with Crippen LogP contribution in [0, 0.1) is 0 Å². The molecule has 1 aromatic heterocycles. The molecule has 0 radical (unpaired) electrons. The normalized spacial score (nSPS) is 16.3. The molecule has 0 amide bonds. The predicted octanol–water partition coefficient (Wildman–Crippen LogP) is 2.69. The zero-order valence-corrected chi connectivity index (χ0v) is 10.5. The van der Waals surface area contributed by atoms with Gasteiger partial charge in [-0.25, -0.2) is 4.98 Å². The van der Waals surface area contributed by atoms with Gasteiger partial charge in [0.2, 0.25) is 0 Å². The first-order valence-corrected chi connectivity index (χ1v) is 6.40. The number of hydrogen-bond acceptors (Lipinski definition) is 4. The maximum atomic E-state index is 5.99. The van der Waals surface area contributed by atoms with Crippen molar-refractivity contribution in [3.05, 3.63) is 17.3 Å². The first kappa shape index (κ1) is 12.5. The summed E-state index contributed by atoms with van der Waals surface area (Å²) in [5.74, 6) is 0.663. The second-order valence-corrected chi connectivity index (χ2v) is 4.71. The standard InChI is InChI=1S/C12H18ClN3O/c13-11-7-9(14)8-16-12(11)15-5-6-17-10-3-1-2-4-10/h7-8,10H,1-6,14H2,(H,15,16). The van der Waals surface area contributed by atoms with Crippen molar-refractivity contribution >= 4 is 23.1 Å². The summed E-state index contributed by atoms with van der Waals surface area (Å²) in [6, 6.07) is 1.69. The second kappa shape index (κ2) is 6.07. The molecule has 0 spiro atoms. The number of anilines is 2. The minimum absolute atomic E-state index is 0.451. The van der Waals surface area contributed by atoms with E-state index in [0.29, 0.717) is 35.8 Å². The smallest absolute Gasteiger partial charge is 0.144 e. The highest BCUT2D eigenvalue weighted by Gasteiger charge is 2.14. The summed E-state index contributed by atoms with van der Waals surface area (Å²) in [6.45, 7) is 1.40. The van der Waals surface area contributed by atoms with Gasteiger partial charge >= 0.3 is 0 Å². The highest BCUT2D eigenvalue weighted by Crippen LogP contribution is 2.22. The van der Waals surface area contributed by atoms with Crippen molar-refractivity contribution in [3.8, 4) is 0 Å². The summed E-state index contributed by atoms with van der Waals surface area (Å²) >= 11 is 5.99. The van der Waals surface area contributed by atoms with Crippen molar-refractivity contribution in [2.45, 2.75) is 31.8 Å². The molecule has 0 bridgehead atoms. The molecule has 1 aromatic rings. The highest BCUT2D eigenvalue weighted by molar-refractivity contribution is 6.33. The van der Waals surface area contributed by atoms with Crippen LogP contribution >= 0.6 is 11.6 Å². The molecule has 0 unspecified atom stereocenters. The van der Waals surface area contributed by atoms with Crippen LogP contribution in [0.2, 0.25) is 5.02 Å². The van der Waals surface area contributed by atoms with Gasteiger partial charge in [0.05, 0.1) is 29.6 Å². The van der Waals surface area contributed by atoms with Crippen LogP contribution in [-0.4, -0.2) is 24.2 Å². The third kappa shape index (κ3) is 3.75. The summed E-state index contributed by atoms with van der Waals surface area (Å²) in [7, 11) is 0. The molecule has 1 aliphatic carbocycles. The topological polar surface area (TPSA) is 60.2 Å². The van der Waals surface area contributed by atoms with Crippen molar-refractivity contribution in [2.24, 2.45) is 0 Å². The second-order valence-electron chi connectivity index (χ2n) is 4.30. The number of ether oxygens (including phenoxy) is 1. The Kier molecular flexibility index (Phi) is 4.45. The van der Waals surface area contributed by atoms with E-state index >= 15 is 0 Å². The average molecular weight is 256 g/mol. The molecule has 0 aromatic carbocycles. The predicted molar refractivity (Wildman–Crippen MR) is 70.4 cm³/mol. The lowest BCUT2D eigenvalue weighted by Gasteiger charge is -2.12. The number of nitrogens with two attached hydrogens (primary N) is 1. The molecule has 3 N–H and O–H groups in total. The lowest BCUT2D eigenvalue weighted by atomic mass is 10.3. The molecule has 5 heteroatoms. The van der Waals surface area contributed by atoms with E-state index in [-0.39, 0.29) is 0 Å². The van der Waals surface area contributed by atoms with Gasteiger partial charge in [-0.05, 0) is 18.9 Å². The van der Waals surface area contributed by atoms with Crippen molar-refractivity contribution in [1.29, 1.82) is 0 Å². The molecule has 0 saturated heterocycles. The number of pyridine rings is 1. The molecule has 0 atom stereocenters. The first-order valence-electron chi connectivity index (χ1n) is 6.02. The maximum absolute atomic E-state index is 5.99. The quantitative estimate of drug-likeness (QED) is 0.795. The number of rotatable bonds is 5. The van der Waals surface area contributed by atoms with E-state index in [0.717, 1.165) is 0 Å². The van der Waals surface area contributed by atoms with E-state index in [9.17, 15) is 0 Å². The van der Waals surface area contributed by atoms with Crippen LogP contribution in [0.25, 0.3) is 0 Å². The zero-order valence-electron chi connectivity index (χ0n) is 9.79.